The SMILES string of the molecule is CCNC(=O)NC(=O)C(C)Nc1ccc(C#N)cc1. The zero-order valence-electron chi connectivity index (χ0n) is 10.9. The topological polar surface area (TPSA) is 94.0 Å². The van der Waals surface area contributed by atoms with Gasteiger partial charge in [0.1, 0.15) is 6.04 Å². The number of nitriles is 1. The van der Waals surface area contributed by atoms with E-state index in [1.54, 1.807) is 38.1 Å². The van der Waals surface area contributed by atoms with Gasteiger partial charge < -0.3 is 10.6 Å². The number of carbonyl (C=O) groups excluding carboxylic acids is 2. The van der Waals surface area contributed by atoms with Gasteiger partial charge in [0.2, 0.25) is 5.91 Å². The maximum Gasteiger partial charge on any atom is 0.321 e. The average molecular weight is 260 g/mol. The third kappa shape index (κ3) is 4.68. The molecule has 1 aromatic rings. The minimum Gasteiger partial charge on any atom is -0.374 e. The molecular formula is C13H16N4O2. The predicted molar refractivity (Wildman–Crippen MR) is 71.5 cm³/mol. The van der Waals surface area contributed by atoms with Crippen molar-refractivity contribution in [3.8, 4) is 6.07 Å². The molecule has 0 aliphatic rings. The number of benzene rings is 1. The summed E-state index contributed by atoms with van der Waals surface area (Å²) in [6.07, 6.45) is 0. The van der Waals surface area contributed by atoms with Gasteiger partial charge in [-0.2, -0.15) is 5.26 Å². The fraction of sp³-hybridized carbons (Fsp3) is 0.308. The van der Waals surface area contributed by atoms with Gasteiger partial charge in [-0.1, -0.05) is 0 Å². The Kier molecular flexibility index (Phi) is 5.35. The lowest BCUT2D eigenvalue weighted by Crippen LogP contribution is -2.45. The summed E-state index contributed by atoms with van der Waals surface area (Å²) in [7, 11) is 0. The first-order valence-corrected chi connectivity index (χ1v) is 5.92. The van der Waals surface area contributed by atoms with Gasteiger partial charge in [0, 0.05) is 12.2 Å². The minimum atomic E-state index is -0.560. The van der Waals surface area contributed by atoms with E-state index in [4.69, 9.17) is 5.26 Å². The largest absolute Gasteiger partial charge is 0.374 e. The maximum atomic E-state index is 11.7. The molecule has 0 aromatic heterocycles. The van der Waals surface area contributed by atoms with Crippen LogP contribution in [0.15, 0.2) is 24.3 Å². The number of hydrogen-bond donors (Lipinski definition) is 3. The molecule has 0 fully saturated rings. The van der Waals surface area contributed by atoms with Crippen LogP contribution in [0.25, 0.3) is 0 Å². The summed E-state index contributed by atoms with van der Waals surface area (Å²) >= 11 is 0. The molecule has 0 bridgehead atoms. The minimum absolute atomic E-state index is 0.421. The van der Waals surface area contributed by atoms with E-state index in [1.807, 2.05) is 6.07 Å². The highest BCUT2D eigenvalue weighted by atomic mass is 16.2. The third-order valence-corrected chi connectivity index (χ3v) is 2.36. The smallest absolute Gasteiger partial charge is 0.321 e. The van der Waals surface area contributed by atoms with Crippen LogP contribution in [0.4, 0.5) is 10.5 Å². The molecule has 1 rings (SSSR count). The number of carbonyl (C=O) groups is 2. The molecule has 0 aliphatic carbocycles. The summed E-state index contributed by atoms with van der Waals surface area (Å²) in [4.78, 5) is 22.9. The number of amides is 3. The van der Waals surface area contributed by atoms with Crippen molar-refractivity contribution in [2.75, 3.05) is 11.9 Å². The molecule has 0 radical (unpaired) electrons. The van der Waals surface area contributed by atoms with Gasteiger partial charge in [0.25, 0.3) is 0 Å². The Balaban J connectivity index is 2.53. The van der Waals surface area contributed by atoms with Crippen LogP contribution in [-0.4, -0.2) is 24.5 Å². The number of nitrogens with zero attached hydrogens (tertiary/aromatic N) is 1. The zero-order valence-corrected chi connectivity index (χ0v) is 10.9. The van der Waals surface area contributed by atoms with E-state index in [-0.39, 0.29) is 0 Å². The fourth-order valence-electron chi connectivity index (χ4n) is 1.38. The summed E-state index contributed by atoms with van der Waals surface area (Å²) in [5, 5.41) is 16.3. The van der Waals surface area contributed by atoms with Crippen LogP contribution in [-0.2, 0) is 4.79 Å². The summed E-state index contributed by atoms with van der Waals surface area (Å²) in [6.45, 7) is 3.87. The third-order valence-electron chi connectivity index (χ3n) is 2.36. The molecule has 3 N–H and O–H groups in total. The van der Waals surface area contributed by atoms with Crippen molar-refractivity contribution < 1.29 is 9.59 Å². The van der Waals surface area contributed by atoms with Crippen LogP contribution in [0.2, 0.25) is 0 Å². The van der Waals surface area contributed by atoms with E-state index in [0.717, 1.165) is 0 Å². The van der Waals surface area contributed by atoms with Crippen LogP contribution < -0.4 is 16.0 Å². The summed E-state index contributed by atoms with van der Waals surface area (Å²) < 4.78 is 0. The lowest BCUT2D eigenvalue weighted by atomic mass is 10.2. The van der Waals surface area contributed by atoms with E-state index >= 15 is 0 Å². The molecule has 19 heavy (non-hydrogen) atoms. The second-order valence-corrected chi connectivity index (χ2v) is 3.90. The standard InChI is InChI=1S/C13H16N4O2/c1-3-15-13(19)17-12(18)9(2)16-11-6-4-10(8-14)5-7-11/h4-7,9,16H,3H2,1-2H3,(H2,15,17,18,19). The molecule has 1 atom stereocenters. The molecule has 0 saturated heterocycles. The van der Waals surface area contributed by atoms with Crippen molar-refractivity contribution in [2.45, 2.75) is 19.9 Å². The van der Waals surface area contributed by atoms with Gasteiger partial charge in [-0.3, -0.25) is 10.1 Å². The summed E-state index contributed by atoms with van der Waals surface area (Å²) in [5.41, 5.74) is 1.25. The number of hydrogen-bond acceptors (Lipinski definition) is 4. The monoisotopic (exact) mass is 260 g/mol. The van der Waals surface area contributed by atoms with Crippen molar-refractivity contribution in [1.82, 2.24) is 10.6 Å². The highest BCUT2D eigenvalue weighted by Crippen LogP contribution is 2.10. The maximum absolute atomic E-state index is 11.7. The van der Waals surface area contributed by atoms with Gasteiger partial charge in [-0.25, -0.2) is 4.79 Å². The Morgan fingerprint density at radius 2 is 1.95 bits per heavy atom. The van der Waals surface area contributed by atoms with Crippen molar-refractivity contribution >= 4 is 17.6 Å². The highest BCUT2D eigenvalue weighted by molar-refractivity contribution is 5.97. The number of urea groups is 1. The lowest BCUT2D eigenvalue weighted by Gasteiger charge is -2.14. The molecule has 0 spiro atoms. The number of rotatable bonds is 4. The number of nitrogens with one attached hydrogen (secondary N) is 3. The van der Waals surface area contributed by atoms with Crippen LogP contribution in [0.5, 0.6) is 0 Å². The van der Waals surface area contributed by atoms with Crippen LogP contribution >= 0.6 is 0 Å². The summed E-state index contributed by atoms with van der Waals surface area (Å²) in [5.74, 6) is -0.421. The molecule has 0 aliphatic heterocycles. The zero-order chi connectivity index (χ0) is 14.3. The number of imide groups is 1. The Morgan fingerprint density at radius 1 is 1.32 bits per heavy atom. The number of anilines is 1. The van der Waals surface area contributed by atoms with Crippen molar-refractivity contribution in [2.24, 2.45) is 0 Å². The first-order valence-electron chi connectivity index (χ1n) is 5.92. The highest BCUT2D eigenvalue weighted by Gasteiger charge is 2.14. The Morgan fingerprint density at radius 3 is 2.47 bits per heavy atom. The molecule has 1 unspecified atom stereocenters. The molecule has 1 aromatic carbocycles. The molecule has 6 nitrogen and oxygen atoms in total. The Hall–Kier alpha value is -2.55. The van der Waals surface area contributed by atoms with Gasteiger partial charge in [-0.05, 0) is 38.1 Å². The van der Waals surface area contributed by atoms with Gasteiger partial charge >= 0.3 is 6.03 Å². The van der Waals surface area contributed by atoms with Gasteiger partial charge in [0.15, 0.2) is 0 Å². The first kappa shape index (κ1) is 14.5. The summed E-state index contributed by atoms with van der Waals surface area (Å²) in [6, 6.07) is 7.64. The molecule has 6 heteroatoms. The molecular weight excluding hydrogens is 244 g/mol. The van der Waals surface area contributed by atoms with E-state index < -0.39 is 18.0 Å². The van der Waals surface area contributed by atoms with E-state index in [9.17, 15) is 9.59 Å². The van der Waals surface area contributed by atoms with E-state index in [1.165, 1.54) is 0 Å². The second kappa shape index (κ2) is 7.01. The predicted octanol–water partition coefficient (Wildman–Crippen LogP) is 1.20. The van der Waals surface area contributed by atoms with E-state index in [2.05, 4.69) is 16.0 Å². The second-order valence-electron chi connectivity index (χ2n) is 3.90. The fourth-order valence-corrected chi connectivity index (χ4v) is 1.38. The van der Waals surface area contributed by atoms with E-state index in [0.29, 0.717) is 17.8 Å². The quantitative estimate of drug-likeness (QED) is 0.758. The average Bonchev–Trinajstić information content (AvgIpc) is 2.39. The van der Waals surface area contributed by atoms with Crippen molar-refractivity contribution in [3.63, 3.8) is 0 Å². The van der Waals surface area contributed by atoms with Crippen LogP contribution in [0, 0.1) is 11.3 Å². The molecule has 3 amide bonds. The molecule has 100 valence electrons. The molecule has 0 saturated carbocycles. The van der Waals surface area contributed by atoms with Crippen LogP contribution in [0.3, 0.4) is 0 Å². The Bertz CT molecular complexity index is 490. The Labute approximate surface area is 111 Å². The molecule has 0 heterocycles. The van der Waals surface area contributed by atoms with Crippen molar-refractivity contribution in [3.05, 3.63) is 29.8 Å². The van der Waals surface area contributed by atoms with Gasteiger partial charge in [0.05, 0.1) is 11.6 Å². The lowest BCUT2D eigenvalue weighted by molar-refractivity contribution is -0.120. The van der Waals surface area contributed by atoms with Gasteiger partial charge in [-0.15, -0.1) is 0 Å². The normalized spacial score (nSPS) is 11.0. The first-order chi connectivity index (χ1) is 9.06. The van der Waals surface area contributed by atoms with Crippen molar-refractivity contribution in [1.29, 1.82) is 5.26 Å². The van der Waals surface area contributed by atoms with Crippen LogP contribution in [0.1, 0.15) is 19.4 Å².